The van der Waals surface area contributed by atoms with Crippen molar-refractivity contribution in [2.24, 2.45) is 0 Å². The number of amides is 1. The fraction of sp³-hybridized carbons (Fsp3) is 0.250. The van der Waals surface area contributed by atoms with Crippen molar-refractivity contribution in [1.82, 2.24) is 5.32 Å². The minimum Gasteiger partial charge on any atom is -0.383 e. The molecule has 2 aromatic rings. The highest BCUT2D eigenvalue weighted by atomic mass is 35.5. The molecule has 156 valence electrons. The first-order valence-corrected chi connectivity index (χ1v) is 10.9. The molecule has 0 fully saturated rings. The van der Waals surface area contributed by atoms with E-state index in [1.807, 2.05) is 0 Å². The summed E-state index contributed by atoms with van der Waals surface area (Å²) in [5.74, 6) is -0.426. The Kier molecular flexibility index (Phi) is 8.10. The van der Waals surface area contributed by atoms with E-state index in [0.717, 1.165) is 4.31 Å². The largest absolute Gasteiger partial charge is 0.383 e. The van der Waals surface area contributed by atoms with E-state index in [2.05, 4.69) is 11.9 Å². The van der Waals surface area contributed by atoms with E-state index in [-0.39, 0.29) is 28.1 Å². The first-order valence-electron chi connectivity index (χ1n) is 8.69. The molecule has 0 aliphatic heterocycles. The highest BCUT2D eigenvalue weighted by Gasteiger charge is 2.27. The smallest absolute Gasteiger partial charge is 0.266 e. The van der Waals surface area contributed by atoms with Gasteiger partial charge in [-0.1, -0.05) is 29.3 Å². The summed E-state index contributed by atoms with van der Waals surface area (Å²) in [6.45, 7) is 5.75. The summed E-state index contributed by atoms with van der Waals surface area (Å²) in [4.78, 5) is 12.3. The van der Waals surface area contributed by atoms with Gasteiger partial charge in [-0.15, -0.1) is 6.58 Å². The number of halogens is 2. The summed E-state index contributed by atoms with van der Waals surface area (Å²) in [7, 11) is -2.54. The Morgan fingerprint density at radius 1 is 1.24 bits per heavy atom. The molecule has 0 heterocycles. The molecule has 0 aliphatic rings. The Hall–Kier alpha value is -2.06. The second-order valence-corrected chi connectivity index (χ2v) is 8.95. The fourth-order valence-corrected chi connectivity index (χ4v) is 4.69. The van der Waals surface area contributed by atoms with Crippen LogP contribution in [-0.4, -0.2) is 40.6 Å². The molecule has 0 radical (unpaired) electrons. The number of hydrogen-bond donors (Lipinski definition) is 1. The summed E-state index contributed by atoms with van der Waals surface area (Å²) in [6, 6.07) is 10.2. The molecule has 6 nitrogen and oxygen atoms in total. The molecule has 1 N–H and O–H groups in total. The maximum Gasteiger partial charge on any atom is 0.266 e. The molecule has 29 heavy (non-hydrogen) atoms. The zero-order valence-electron chi connectivity index (χ0n) is 16.1. The summed E-state index contributed by atoms with van der Waals surface area (Å²) in [6.07, 6.45) is 1.46. The molecule has 0 saturated carbocycles. The van der Waals surface area contributed by atoms with Crippen LogP contribution in [0.25, 0.3) is 0 Å². The summed E-state index contributed by atoms with van der Waals surface area (Å²) >= 11 is 12.1. The second kappa shape index (κ2) is 10.1. The van der Waals surface area contributed by atoms with Gasteiger partial charge in [0.25, 0.3) is 15.9 Å². The number of ether oxygens (including phenoxy) is 1. The van der Waals surface area contributed by atoms with Gasteiger partial charge in [0.05, 0.1) is 23.9 Å². The van der Waals surface area contributed by atoms with Gasteiger partial charge in [-0.2, -0.15) is 0 Å². The van der Waals surface area contributed by atoms with Gasteiger partial charge < -0.3 is 10.1 Å². The SMILES string of the molecule is C=CCN(c1ccc(Cl)cc1)S(=O)(=O)c1cc(C(=O)NC(C)COC)ccc1Cl. The standard InChI is InChI=1S/C20H22Cl2N2O4S/c1-4-11-24(17-8-6-16(21)7-9-17)29(26,27)19-12-15(5-10-18(19)22)20(25)23-14(2)13-28-3/h4-10,12,14H,1,11,13H2,2-3H3,(H,23,25). The van der Waals surface area contributed by atoms with Crippen LogP contribution in [0.5, 0.6) is 0 Å². The van der Waals surface area contributed by atoms with E-state index in [1.165, 1.54) is 31.4 Å². The molecule has 0 aromatic heterocycles. The average Bonchev–Trinajstić information content (AvgIpc) is 2.67. The maximum absolute atomic E-state index is 13.3. The fourth-order valence-electron chi connectivity index (χ4n) is 2.63. The van der Waals surface area contributed by atoms with E-state index in [4.69, 9.17) is 27.9 Å². The van der Waals surface area contributed by atoms with E-state index < -0.39 is 15.9 Å². The number of methoxy groups -OCH3 is 1. The predicted molar refractivity (Wildman–Crippen MR) is 116 cm³/mol. The van der Waals surface area contributed by atoms with Crippen molar-refractivity contribution in [2.45, 2.75) is 17.9 Å². The van der Waals surface area contributed by atoms with E-state index in [0.29, 0.717) is 17.3 Å². The molecule has 1 atom stereocenters. The molecule has 0 spiro atoms. The topological polar surface area (TPSA) is 75.7 Å². The van der Waals surface area contributed by atoms with Crippen LogP contribution in [0.2, 0.25) is 10.0 Å². The van der Waals surface area contributed by atoms with Crippen molar-refractivity contribution < 1.29 is 17.9 Å². The third kappa shape index (κ3) is 5.73. The zero-order valence-corrected chi connectivity index (χ0v) is 18.4. The average molecular weight is 457 g/mol. The highest BCUT2D eigenvalue weighted by molar-refractivity contribution is 7.93. The number of hydrogen-bond acceptors (Lipinski definition) is 4. The molecule has 0 saturated heterocycles. The molecule has 2 aromatic carbocycles. The first kappa shape index (κ1) is 23.2. The molecule has 1 unspecified atom stereocenters. The molecule has 1 amide bonds. The third-order valence-electron chi connectivity index (χ3n) is 3.97. The van der Waals surface area contributed by atoms with Gasteiger partial charge in [0.2, 0.25) is 0 Å². The van der Waals surface area contributed by atoms with Gasteiger partial charge in [0.1, 0.15) is 4.90 Å². The van der Waals surface area contributed by atoms with Crippen LogP contribution in [0.1, 0.15) is 17.3 Å². The molecule has 2 rings (SSSR count). The number of carbonyl (C=O) groups is 1. The normalized spacial score (nSPS) is 12.3. The van der Waals surface area contributed by atoms with Crippen molar-refractivity contribution in [3.63, 3.8) is 0 Å². The van der Waals surface area contributed by atoms with Crippen LogP contribution in [0.3, 0.4) is 0 Å². The number of benzene rings is 2. The van der Waals surface area contributed by atoms with Gasteiger partial charge in [0.15, 0.2) is 0 Å². The second-order valence-electron chi connectivity index (χ2n) is 6.28. The summed E-state index contributed by atoms with van der Waals surface area (Å²) in [5.41, 5.74) is 0.569. The molecular formula is C20H22Cl2N2O4S. The number of carbonyl (C=O) groups excluding carboxylic acids is 1. The van der Waals surface area contributed by atoms with E-state index in [9.17, 15) is 13.2 Å². The van der Waals surface area contributed by atoms with E-state index in [1.54, 1.807) is 31.2 Å². The van der Waals surface area contributed by atoms with Gasteiger partial charge in [-0.05, 0) is 49.4 Å². The van der Waals surface area contributed by atoms with Crippen molar-refractivity contribution in [3.05, 3.63) is 70.7 Å². The molecule has 0 bridgehead atoms. The quantitative estimate of drug-likeness (QED) is 0.575. The van der Waals surface area contributed by atoms with Gasteiger partial charge in [-0.3, -0.25) is 9.10 Å². The number of sulfonamides is 1. The van der Waals surface area contributed by atoms with E-state index >= 15 is 0 Å². The minimum absolute atomic E-state index is 0.00881. The number of nitrogens with one attached hydrogen (secondary N) is 1. The first-order chi connectivity index (χ1) is 13.7. The molecular weight excluding hydrogens is 435 g/mol. The monoisotopic (exact) mass is 456 g/mol. The third-order valence-corrected chi connectivity index (χ3v) is 6.49. The lowest BCUT2D eigenvalue weighted by Gasteiger charge is -2.24. The molecule has 0 aliphatic carbocycles. The maximum atomic E-state index is 13.3. The van der Waals surface area contributed by atoms with Crippen LogP contribution in [-0.2, 0) is 14.8 Å². The Morgan fingerprint density at radius 2 is 1.90 bits per heavy atom. The van der Waals surface area contributed by atoms with Crippen LogP contribution in [0.4, 0.5) is 5.69 Å². The Labute approximate surface area is 181 Å². The van der Waals surface area contributed by atoms with Crippen LogP contribution >= 0.6 is 23.2 Å². The van der Waals surface area contributed by atoms with Crippen molar-refractivity contribution in [1.29, 1.82) is 0 Å². The Morgan fingerprint density at radius 3 is 2.48 bits per heavy atom. The lowest BCUT2D eigenvalue weighted by molar-refractivity contribution is 0.0905. The number of rotatable bonds is 9. The van der Waals surface area contributed by atoms with Gasteiger partial charge >= 0.3 is 0 Å². The van der Waals surface area contributed by atoms with Gasteiger partial charge in [0, 0.05) is 23.7 Å². The van der Waals surface area contributed by atoms with Crippen LogP contribution in [0, 0.1) is 0 Å². The number of nitrogens with zero attached hydrogens (tertiary/aromatic N) is 1. The Bertz CT molecular complexity index is 978. The minimum atomic E-state index is -4.07. The predicted octanol–water partition coefficient (Wildman–Crippen LogP) is 4.14. The van der Waals surface area contributed by atoms with Crippen LogP contribution in [0.15, 0.2) is 60.0 Å². The van der Waals surface area contributed by atoms with Crippen LogP contribution < -0.4 is 9.62 Å². The van der Waals surface area contributed by atoms with Gasteiger partial charge in [-0.25, -0.2) is 8.42 Å². The summed E-state index contributed by atoms with van der Waals surface area (Å²) in [5, 5.41) is 3.23. The zero-order chi connectivity index (χ0) is 21.6. The Balaban J connectivity index is 2.45. The molecule has 9 heteroatoms. The summed E-state index contributed by atoms with van der Waals surface area (Å²) < 4.78 is 32.8. The number of anilines is 1. The lowest BCUT2D eigenvalue weighted by Crippen LogP contribution is -2.36. The van der Waals surface area contributed by atoms with Crippen molar-refractivity contribution in [2.75, 3.05) is 24.6 Å². The van der Waals surface area contributed by atoms with Crippen molar-refractivity contribution >= 4 is 44.8 Å². The lowest BCUT2D eigenvalue weighted by atomic mass is 10.2. The van der Waals surface area contributed by atoms with Crippen molar-refractivity contribution in [3.8, 4) is 0 Å². The highest BCUT2D eigenvalue weighted by Crippen LogP contribution is 2.30.